The molecular weight excluding hydrogens is 352 g/mol. The van der Waals surface area contributed by atoms with Crippen molar-refractivity contribution in [2.75, 3.05) is 0 Å². The Morgan fingerprint density at radius 2 is 2.12 bits per heavy atom. The van der Waals surface area contributed by atoms with E-state index in [0.29, 0.717) is 22.9 Å². The molecule has 1 unspecified atom stereocenters. The molecule has 0 aromatic carbocycles. The second-order valence-electron chi connectivity index (χ2n) is 6.33. The highest BCUT2D eigenvalue weighted by molar-refractivity contribution is 7.11. The normalized spacial score (nSPS) is 12.6. The molecule has 0 N–H and O–H groups in total. The van der Waals surface area contributed by atoms with Gasteiger partial charge in [-0.2, -0.15) is 4.98 Å². The van der Waals surface area contributed by atoms with E-state index in [9.17, 15) is 4.79 Å². The maximum atomic E-state index is 13.1. The smallest absolute Gasteiger partial charge is 0.308 e. The van der Waals surface area contributed by atoms with Crippen LogP contribution in [0.25, 0.3) is 11.2 Å². The zero-order valence-electron chi connectivity index (χ0n) is 15.4. The van der Waals surface area contributed by atoms with Crippen molar-refractivity contribution in [3.05, 3.63) is 22.2 Å². The molecule has 0 aliphatic rings. The highest BCUT2D eigenvalue weighted by atomic mass is 32.1. The number of fused-ring (bicyclic) bond motifs is 1. The predicted molar refractivity (Wildman–Crippen MR) is 101 cm³/mol. The fourth-order valence-corrected chi connectivity index (χ4v) is 3.35. The van der Waals surface area contributed by atoms with Crippen molar-refractivity contribution in [1.82, 2.24) is 29.3 Å². The van der Waals surface area contributed by atoms with Crippen LogP contribution < -0.4 is 10.3 Å². The van der Waals surface area contributed by atoms with E-state index >= 15 is 0 Å². The van der Waals surface area contributed by atoms with Crippen LogP contribution in [0, 0.1) is 0 Å². The Bertz CT molecular complexity index is 902. The van der Waals surface area contributed by atoms with E-state index in [4.69, 9.17) is 4.74 Å². The molecular formula is C17H24N6O2S. The van der Waals surface area contributed by atoms with Gasteiger partial charge in [-0.05, 0) is 19.8 Å². The van der Waals surface area contributed by atoms with Gasteiger partial charge in [0.2, 0.25) is 0 Å². The number of imidazole rings is 1. The van der Waals surface area contributed by atoms with Crippen molar-refractivity contribution < 1.29 is 4.74 Å². The van der Waals surface area contributed by atoms with E-state index in [-0.39, 0.29) is 17.6 Å². The number of hydrogen-bond acceptors (Lipinski definition) is 7. The van der Waals surface area contributed by atoms with E-state index in [1.807, 2.05) is 11.5 Å². The third-order valence-corrected chi connectivity index (χ3v) is 4.89. The Balaban J connectivity index is 2.01. The van der Waals surface area contributed by atoms with E-state index < -0.39 is 0 Å². The molecule has 26 heavy (non-hydrogen) atoms. The highest BCUT2D eigenvalue weighted by Crippen LogP contribution is 2.24. The number of hydrogen-bond donors (Lipinski definition) is 0. The minimum atomic E-state index is -0.129. The molecule has 3 rings (SSSR count). The second-order valence-corrected chi connectivity index (χ2v) is 7.12. The Kier molecular flexibility index (Phi) is 5.97. The SMILES string of the molecule is CCCCCC(C)n1cnc2nc(Oc3nncs3)n(CCC)c(=O)c21. The van der Waals surface area contributed by atoms with Gasteiger partial charge in [0.25, 0.3) is 5.56 Å². The summed E-state index contributed by atoms with van der Waals surface area (Å²) < 4.78 is 9.19. The maximum absolute atomic E-state index is 13.1. The summed E-state index contributed by atoms with van der Waals surface area (Å²) in [6.07, 6.45) is 7.01. The van der Waals surface area contributed by atoms with Gasteiger partial charge >= 0.3 is 11.2 Å². The summed E-state index contributed by atoms with van der Waals surface area (Å²) in [5.41, 5.74) is 2.38. The molecule has 0 radical (unpaired) electrons. The Morgan fingerprint density at radius 1 is 1.27 bits per heavy atom. The lowest BCUT2D eigenvalue weighted by atomic mass is 10.1. The average molecular weight is 376 g/mol. The second kappa shape index (κ2) is 8.39. The zero-order valence-corrected chi connectivity index (χ0v) is 16.2. The van der Waals surface area contributed by atoms with Crippen molar-refractivity contribution >= 4 is 22.5 Å². The number of rotatable bonds is 9. The standard InChI is InChI=1S/C17H24N6O2S/c1-4-6-7-8-12(3)23-10-18-14-13(23)15(24)22(9-5-2)16(20-14)25-17-21-19-11-26-17/h10-12H,4-9H2,1-3H3. The van der Waals surface area contributed by atoms with E-state index in [1.165, 1.54) is 24.2 Å². The van der Waals surface area contributed by atoms with Gasteiger partial charge in [0.15, 0.2) is 11.2 Å². The molecule has 8 nitrogen and oxygen atoms in total. The molecule has 0 spiro atoms. The molecule has 0 fully saturated rings. The summed E-state index contributed by atoms with van der Waals surface area (Å²) in [6, 6.07) is 0.413. The molecule has 3 aromatic heterocycles. The lowest BCUT2D eigenvalue weighted by Gasteiger charge is -2.15. The van der Waals surface area contributed by atoms with E-state index in [0.717, 1.165) is 19.3 Å². The van der Waals surface area contributed by atoms with Crippen molar-refractivity contribution in [2.24, 2.45) is 0 Å². The van der Waals surface area contributed by atoms with E-state index in [2.05, 4.69) is 34.0 Å². The molecule has 3 heterocycles. The van der Waals surface area contributed by atoms with Crippen LogP contribution in [-0.2, 0) is 6.54 Å². The summed E-state index contributed by atoms with van der Waals surface area (Å²) in [5.74, 6) is 0. The first kappa shape index (κ1) is 18.5. The van der Waals surface area contributed by atoms with Crippen LogP contribution in [0.15, 0.2) is 16.6 Å². The van der Waals surface area contributed by atoms with Crippen LogP contribution in [0.3, 0.4) is 0 Å². The van der Waals surface area contributed by atoms with Gasteiger partial charge in [-0.3, -0.25) is 9.36 Å². The topological polar surface area (TPSA) is 87.7 Å². The van der Waals surface area contributed by atoms with Gasteiger partial charge < -0.3 is 9.30 Å². The molecule has 0 amide bonds. The van der Waals surface area contributed by atoms with Crippen LogP contribution in [0.5, 0.6) is 11.2 Å². The summed E-state index contributed by atoms with van der Waals surface area (Å²) in [6.45, 7) is 6.83. The average Bonchev–Trinajstić information content (AvgIpc) is 3.28. The molecule has 1 atom stereocenters. The van der Waals surface area contributed by atoms with Crippen LogP contribution in [0.4, 0.5) is 0 Å². The van der Waals surface area contributed by atoms with Crippen LogP contribution >= 0.6 is 11.3 Å². The summed E-state index contributed by atoms with van der Waals surface area (Å²) in [7, 11) is 0. The van der Waals surface area contributed by atoms with Crippen molar-refractivity contribution in [3.63, 3.8) is 0 Å². The minimum Gasteiger partial charge on any atom is -0.395 e. The Morgan fingerprint density at radius 3 is 2.81 bits per heavy atom. The molecule has 3 aromatic rings. The summed E-state index contributed by atoms with van der Waals surface area (Å²) in [4.78, 5) is 22.0. The third kappa shape index (κ3) is 3.77. The number of nitrogens with zero attached hydrogens (tertiary/aromatic N) is 6. The zero-order chi connectivity index (χ0) is 18.5. The van der Waals surface area contributed by atoms with Crippen LogP contribution in [0.2, 0.25) is 0 Å². The highest BCUT2D eigenvalue weighted by Gasteiger charge is 2.19. The molecule has 0 saturated carbocycles. The Hall–Kier alpha value is -2.29. The third-order valence-electron chi connectivity index (χ3n) is 4.32. The van der Waals surface area contributed by atoms with Gasteiger partial charge in [-0.1, -0.05) is 49.5 Å². The molecule has 0 aliphatic carbocycles. The largest absolute Gasteiger partial charge is 0.395 e. The van der Waals surface area contributed by atoms with Gasteiger partial charge in [0.05, 0.1) is 6.33 Å². The quantitative estimate of drug-likeness (QED) is 0.528. The number of ether oxygens (including phenoxy) is 1. The molecule has 0 aliphatic heterocycles. The first-order valence-electron chi connectivity index (χ1n) is 9.07. The van der Waals surface area contributed by atoms with Crippen LogP contribution in [0.1, 0.15) is 58.9 Å². The lowest BCUT2D eigenvalue weighted by molar-refractivity contribution is 0.392. The van der Waals surface area contributed by atoms with Gasteiger partial charge in [0, 0.05) is 12.6 Å². The van der Waals surface area contributed by atoms with Gasteiger partial charge in [0.1, 0.15) is 5.51 Å². The fourth-order valence-electron chi connectivity index (χ4n) is 2.95. The van der Waals surface area contributed by atoms with Crippen molar-refractivity contribution in [1.29, 1.82) is 0 Å². The predicted octanol–water partition coefficient (Wildman–Crippen LogP) is 3.79. The van der Waals surface area contributed by atoms with Crippen LogP contribution in [-0.4, -0.2) is 29.3 Å². The minimum absolute atomic E-state index is 0.129. The molecule has 140 valence electrons. The lowest BCUT2D eigenvalue weighted by Crippen LogP contribution is -2.25. The monoisotopic (exact) mass is 376 g/mol. The van der Waals surface area contributed by atoms with E-state index in [1.54, 1.807) is 16.4 Å². The molecule has 0 bridgehead atoms. The first-order chi connectivity index (χ1) is 12.7. The number of unbranched alkanes of at least 4 members (excludes halogenated alkanes) is 2. The number of aromatic nitrogens is 6. The summed E-state index contributed by atoms with van der Waals surface area (Å²) >= 11 is 1.25. The summed E-state index contributed by atoms with van der Waals surface area (Å²) in [5, 5.41) is 7.97. The molecule has 0 saturated heterocycles. The molecule has 9 heteroatoms. The van der Waals surface area contributed by atoms with Gasteiger partial charge in [-0.15, -0.1) is 5.10 Å². The fraction of sp³-hybridized carbons (Fsp3) is 0.588. The van der Waals surface area contributed by atoms with Crippen molar-refractivity contribution in [2.45, 2.75) is 65.5 Å². The first-order valence-corrected chi connectivity index (χ1v) is 9.95. The Labute approximate surface area is 155 Å². The van der Waals surface area contributed by atoms with Gasteiger partial charge in [-0.25, -0.2) is 4.98 Å². The van der Waals surface area contributed by atoms with Crippen molar-refractivity contribution in [3.8, 4) is 11.2 Å². The maximum Gasteiger partial charge on any atom is 0.308 e.